The number of fused-ring (bicyclic) bond motifs is 1. The third-order valence-corrected chi connectivity index (χ3v) is 6.97. The van der Waals surface area contributed by atoms with Crippen molar-refractivity contribution in [2.24, 2.45) is 5.92 Å². The molecule has 0 aromatic carbocycles. The van der Waals surface area contributed by atoms with Crippen LogP contribution in [0.1, 0.15) is 6.42 Å². The quantitative estimate of drug-likeness (QED) is 0.447. The zero-order valence-corrected chi connectivity index (χ0v) is 13.0. The Morgan fingerprint density at radius 2 is 2.25 bits per heavy atom. The van der Waals surface area contributed by atoms with Crippen molar-refractivity contribution in [2.45, 2.75) is 23.9 Å². The molecular formula is C12H17ClNO5P. The molecule has 3 rings (SSSR count). The van der Waals surface area contributed by atoms with Gasteiger partial charge in [0.1, 0.15) is 11.5 Å². The van der Waals surface area contributed by atoms with Crippen LogP contribution in [0.3, 0.4) is 0 Å². The Kier molecular flexibility index (Phi) is 3.50. The minimum Gasteiger partial charge on any atom is -0.360 e. The number of carbonyl (C=O) groups excluding carboxylic acids is 1. The maximum atomic E-state index is 12.9. The standard InChI is InChI=1S/C12H17ClNO5P/c1-17-20(16,18-2)11-12-4-3-9(19-12)5-8(12)7-14(11)10(15)6-13/h3-4,8-9,11H,5-7H2,1-2H3/t8?,9-,11+,12+/m1/s1. The van der Waals surface area contributed by atoms with Crippen LogP contribution in [0.5, 0.6) is 0 Å². The van der Waals surface area contributed by atoms with Crippen molar-refractivity contribution >= 4 is 25.1 Å². The third-order valence-electron chi connectivity index (χ3n) is 4.44. The van der Waals surface area contributed by atoms with Crippen molar-refractivity contribution in [3.8, 4) is 0 Å². The van der Waals surface area contributed by atoms with E-state index in [4.69, 9.17) is 25.4 Å². The molecule has 0 radical (unpaired) electrons. The minimum atomic E-state index is -3.51. The number of likely N-dealkylation sites (tertiary alicyclic amines) is 1. The fourth-order valence-electron chi connectivity index (χ4n) is 3.58. The molecule has 3 heterocycles. The number of rotatable bonds is 4. The highest BCUT2D eigenvalue weighted by atomic mass is 35.5. The van der Waals surface area contributed by atoms with Crippen LogP contribution >= 0.6 is 19.2 Å². The summed E-state index contributed by atoms with van der Waals surface area (Å²) in [6.07, 6.45) is 4.70. The maximum absolute atomic E-state index is 12.9. The second-order valence-corrected chi connectivity index (χ2v) is 7.83. The lowest BCUT2D eigenvalue weighted by molar-refractivity contribution is -0.130. The zero-order valence-electron chi connectivity index (χ0n) is 11.3. The molecule has 0 N–H and O–H groups in total. The molecule has 0 aliphatic carbocycles. The molecule has 3 aliphatic heterocycles. The normalized spacial score (nSPS) is 38.5. The first-order valence-electron chi connectivity index (χ1n) is 6.44. The lowest BCUT2D eigenvalue weighted by Crippen LogP contribution is -2.47. The summed E-state index contributed by atoms with van der Waals surface area (Å²) in [7, 11) is -0.863. The highest BCUT2D eigenvalue weighted by Crippen LogP contribution is 2.65. The van der Waals surface area contributed by atoms with Crippen LogP contribution in [-0.2, 0) is 23.1 Å². The number of nitrogens with zero attached hydrogens (tertiary/aromatic N) is 1. The fourth-order valence-corrected chi connectivity index (χ4v) is 5.70. The minimum absolute atomic E-state index is 0.0258. The van der Waals surface area contributed by atoms with Gasteiger partial charge in [-0.2, -0.15) is 0 Å². The molecule has 1 spiro atoms. The highest BCUT2D eigenvalue weighted by Gasteiger charge is 2.68. The van der Waals surface area contributed by atoms with Gasteiger partial charge >= 0.3 is 7.60 Å². The number of halogens is 1. The van der Waals surface area contributed by atoms with Gasteiger partial charge in [0.05, 0.1) is 6.10 Å². The molecule has 2 bridgehead atoms. The van der Waals surface area contributed by atoms with Gasteiger partial charge in [0.15, 0.2) is 5.78 Å². The topological polar surface area (TPSA) is 65.1 Å². The van der Waals surface area contributed by atoms with Crippen LogP contribution in [0, 0.1) is 5.92 Å². The van der Waals surface area contributed by atoms with E-state index in [-0.39, 0.29) is 23.8 Å². The molecule has 1 amide bonds. The van der Waals surface area contributed by atoms with Crippen molar-refractivity contribution in [3.05, 3.63) is 12.2 Å². The van der Waals surface area contributed by atoms with Gasteiger partial charge in [-0.05, 0) is 6.42 Å². The Balaban J connectivity index is 2.06. The summed E-state index contributed by atoms with van der Waals surface area (Å²) in [6, 6.07) is 0. The number of ether oxygens (including phenoxy) is 1. The highest BCUT2D eigenvalue weighted by molar-refractivity contribution is 7.54. The van der Waals surface area contributed by atoms with Crippen LogP contribution in [0.4, 0.5) is 0 Å². The lowest BCUT2D eigenvalue weighted by atomic mass is 9.86. The van der Waals surface area contributed by atoms with Crippen LogP contribution in [-0.4, -0.2) is 54.9 Å². The predicted octanol–water partition coefficient (Wildman–Crippen LogP) is 1.59. The van der Waals surface area contributed by atoms with E-state index in [0.29, 0.717) is 6.54 Å². The van der Waals surface area contributed by atoms with Crippen molar-refractivity contribution in [2.75, 3.05) is 26.6 Å². The van der Waals surface area contributed by atoms with E-state index in [1.807, 2.05) is 12.2 Å². The fraction of sp³-hybridized carbons (Fsp3) is 0.750. The summed E-state index contributed by atoms with van der Waals surface area (Å²) in [5.41, 5.74) is -0.770. The van der Waals surface area contributed by atoms with E-state index < -0.39 is 19.0 Å². The molecule has 2 saturated heterocycles. The van der Waals surface area contributed by atoms with Crippen LogP contribution < -0.4 is 0 Å². The van der Waals surface area contributed by atoms with Crippen molar-refractivity contribution in [3.63, 3.8) is 0 Å². The van der Waals surface area contributed by atoms with Gasteiger partial charge in [-0.3, -0.25) is 9.36 Å². The second kappa shape index (κ2) is 4.82. The van der Waals surface area contributed by atoms with Gasteiger partial charge in [0, 0.05) is 26.7 Å². The molecule has 0 aromatic rings. The van der Waals surface area contributed by atoms with Gasteiger partial charge in [0.2, 0.25) is 5.91 Å². The summed E-state index contributed by atoms with van der Waals surface area (Å²) in [5, 5.41) is 0. The van der Waals surface area contributed by atoms with E-state index in [1.54, 1.807) is 0 Å². The molecule has 112 valence electrons. The summed E-state index contributed by atoms with van der Waals surface area (Å²) >= 11 is 5.67. The molecule has 0 aromatic heterocycles. The smallest absolute Gasteiger partial charge is 0.355 e. The second-order valence-electron chi connectivity index (χ2n) is 5.26. The van der Waals surface area contributed by atoms with Crippen LogP contribution in [0.2, 0.25) is 0 Å². The molecule has 3 aliphatic rings. The van der Waals surface area contributed by atoms with Gasteiger partial charge in [-0.1, -0.05) is 12.2 Å². The number of carbonyl (C=O) groups is 1. The number of hydrogen-bond acceptors (Lipinski definition) is 5. The largest absolute Gasteiger partial charge is 0.360 e. The van der Waals surface area contributed by atoms with E-state index >= 15 is 0 Å². The molecule has 6 nitrogen and oxygen atoms in total. The Labute approximate surface area is 122 Å². The first-order valence-corrected chi connectivity index (χ1v) is 8.59. The Bertz CT molecular complexity index is 504. The van der Waals surface area contributed by atoms with Crippen LogP contribution in [0.25, 0.3) is 0 Å². The van der Waals surface area contributed by atoms with Crippen molar-refractivity contribution in [1.29, 1.82) is 0 Å². The Hall–Kier alpha value is -0.390. The lowest BCUT2D eigenvalue weighted by Gasteiger charge is -2.36. The summed E-state index contributed by atoms with van der Waals surface area (Å²) < 4.78 is 29.2. The van der Waals surface area contributed by atoms with Crippen molar-refractivity contribution in [1.82, 2.24) is 4.90 Å². The Morgan fingerprint density at radius 1 is 1.55 bits per heavy atom. The summed E-state index contributed by atoms with van der Waals surface area (Å²) in [4.78, 5) is 13.6. The third kappa shape index (κ3) is 1.76. The van der Waals surface area contributed by atoms with E-state index in [2.05, 4.69) is 0 Å². The SMILES string of the molecule is COP(=O)(OC)[C@@H]1N(C(=O)CCl)CC2C[C@H]3C=C[C@]21O3. The zero-order chi connectivity index (χ0) is 14.5. The number of alkyl halides is 1. The molecule has 20 heavy (non-hydrogen) atoms. The molecule has 0 saturated carbocycles. The molecule has 4 atom stereocenters. The van der Waals surface area contributed by atoms with Crippen molar-refractivity contribution < 1.29 is 23.1 Å². The van der Waals surface area contributed by atoms with Crippen LogP contribution in [0.15, 0.2) is 12.2 Å². The van der Waals surface area contributed by atoms with Gasteiger partial charge in [-0.25, -0.2) is 0 Å². The number of hydrogen-bond donors (Lipinski definition) is 0. The average molecular weight is 322 g/mol. The van der Waals surface area contributed by atoms with E-state index in [0.717, 1.165) is 6.42 Å². The average Bonchev–Trinajstić information content (AvgIpc) is 3.12. The van der Waals surface area contributed by atoms with E-state index in [9.17, 15) is 9.36 Å². The predicted molar refractivity (Wildman–Crippen MR) is 72.7 cm³/mol. The monoisotopic (exact) mass is 321 g/mol. The summed E-state index contributed by atoms with van der Waals surface area (Å²) in [6.45, 7) is 0.466. The maximum Gasteiger partial charge on any atom is 0.355 e. The van der Waals surface area contributed by atoms with Gasteiger partial charge < -0.3 is 18.7 Å². The first-order chi connectivity index (χ1) is 9.50. The first kappa shape index (κ1) is 14.5. The van der Waals surface area contributed by atoms with Gasteiger partial charge in [-0.15, -0.1) is 11.6 Å². The Morgan fingerprint density at radius 3 is 2.80 bits per heavy atom. The molecule has 2 fully saturated rings. The van der Waals surface area contributed by atoms with Gasteiger partial charge in [0.25, 0.3) is 0 Å². The summed E-state index contributed by atoms with van der Waals surface area (Å²) in [5.74, 6) is -1.12. The van der Waals surface area contributed by atoms with E-state index in [1.165, 1.54) is 19.1 Å². The molecule has 8 heteroatoms. The molecular weight excluding hydrogens is 305 g/mol. The number of amides is 1. The molecule has 1 unspecified atom stereocenters.